The summed E-state index contributed by atoms with van der Waals surface area (Å²) in [4.78, 5) is 40.4. The van der Waals surface area contributed by atoms with Gasteiger partial charge in [-0.3, -0.25) is 9.69 Å². The smallest absolute Gasteiger partial charge is 0.408 e. The van der Waals surface area contributed by atoms with Gasteiger partial charge in [-0.05, 0) is 40.7 Å². The predicted molar refractivity (Wildman–Crippen MR) is 147 cm³/mol. The lowest BCUT2D eigenvalue weighted by Crippen LogP contribution is -2.62. The second-order valence-corrected chi connectivity index (χ2v) is 10.3. The second-order valence-electron chi connectivity index (χ2n) is 10.3. The van der Waals surface area contributed by atoms with Crippen LogP contribution in [0.3, 0.4) is 0 Å². The molecule has 0 aromatic heterocycles. The molecule has 1 unspecified atom stereocenters. The number of alkyl carbamates (subject to hydrolysis) is 1. The van der Waals surface area contributed by atoms with Gasteiger partial charge in [-0.2, -0.15) is 0 Å². The number of nitrogens with zero attached hydrogens (tertiary/aromatic N) is 1. The van der Waals surface area contributed by atoms with Gasteiger partial charge in [0.2, 0.25) is 5.91 Å². The summed E-state index contributed by atoms with van der Waals surface area (Å²) in [6.45, 7) is 3.24. The maximum absolute atomic E-state index is 13.5. The lowest BCUT2D eigenvalue weighted by molar-refractivity contribution is -0.143. The Balaban J connectivity index is 1.31. The highest BCUT2D eigenvalue weighted by Crippen LogP contribution is 2.44. The van der Waals surface area contributed by atoms with Crippen molar-refractivity contribution in [2.24, 2.45) is 0 Å². The molecule has 0 saturated carbocycles. The van der Waals surface area contributed by atoms with Crippen LogP contribution in [0.25, 0.3) is 11.1 Å². The number of rotatable bonds is 9. The van der Waals surface area contributed by atoms with Gasteiger partial charge in [0.15, 0.2) is 0 Å². The van der Waals surface area contributed by atoms with Gasteiger partial charge in [0.05, 0.1) is 0 Å². The largest absolute Gasteiger partial charge is 0.480 e. The monoisotopic (exact) mass is 527 g/mol. The number of fused-ring (bicyclic) bond motifs is 3. The Morgan fingerprint density at radius 3 is 2.21 bits per heavy atom. The van der Waals surface area contributed by atoms with Crippen LogP contribution in [-0.4, -0.2) is 59.3 Å². The molecule has 2 aliphatic rings. The average Bonchev–Trinajstić information content (AvgIpc) is 3.50. The van der Waals surface area contributed by atoms with Gasteiger partial charge in [-0.15, -0.1) is 0 Å². The molecule has 2 atom stereocenters. The fourth-order valence-electron chi connectivity index (χ4n) is 5.67. The molecular weight excluding hydrogens is 494 g/mol. The molecule has 8 nitrogen and oxygen atoms in total. The van der Waals surface area contributed by atoms with Crippen LogP contribution in [-0.2, 0) is 20.9 Å². The zero-order chi connectivity index (χ0) is 27.4. The van der Waals surface area contributed by atoms with Crippen molar-refractivity contribution in [3.8, 4) is 11.1 Å². The van der Waals surface area contributed by atoms with Crippen molar-refractivity contribution >= 4 is 18.0 Å². The molecule has 5 rings (SSSR count). The molecule has 8 heteroatoms. The van der Waals surface area contributed by atoms with Crippen molar-refractivity contribution in [1.29, 1.82) is 0 Å². The summed E-state index contributed by atoms with van der Waals surface area (Å²) in [5.41, 5.74) is 4.24. The van der Waals surface area contributed by atoms with Crippen LogP contribution < -0.4 is 10.6 Å². The fourth-order valence-corrected chi connectivity index (χ4v) is 5.67. The number of carboxylic acid groups (broad SMARTS) is 1. The van der Waals surface area contributed by atoms with Crippen molar-refractivity contribution in [2.45, 2.75) is 43.8 Å². The van der Waals surface area contributed by atoms with Crippen LogP contribution in [0.5, 0.6) is 0 Å². The third kappa shape index (κ3) is 5.52. The van der Waals surface area contributed by atoms with E-state index in [2.05, 4.69) is 27.7 Å². The van der Waals surface area contributed by atoms with Gasteiger partial charge >= 0.3 is 12.1 Å². The van der Waals surface area contributed by atoms with Gasteiger partial charge in [-0.25, -0.2) is 9.59 Å². The van der Waals surface area contributed by atoms with E-state index in [-0.39, 0.29) is 25.5 Å². The van der Waals surface area contributed by atoms with E-state index >= 15 is 0 Å². The van der Waals surface area contributed by atoms with Crippen LogP contribution in [0.15, 0.2) is 78.9 Å². The Labute approximate surface area is 228 Å². The Morgan fingerprint density at radius 2 is 1.59 bits per heavy atom. The topological polar surface area (TPSA) is 108 Å². The molecule has 202 valence electrons. The van der Waals surface area contributed by atoms with E-state index < -0.39 is 29.6 Å². The third-order valence-electron chi connectivity index (χ3n) is 7.73. The summed E-state index contributed by atoms with van der Waals surface area (Å²) in [7, 11) is 0. The quantitative estimate of drug-likeness (QED) is 0.386. The molecule has 3 aromatic carbocycles. The highest BCUT2D eigenvalue weighted by atomic mass is 16.5. The van der Waals surface area contributed by atoms with E-state index in [9.17, 15) is 19.5 Å². The van der Waals surface area contributed by atoms with E-state index in [1.54, 1.807) is 6.92 Å². The molecular formula is C31H33N3O5. The summed E-state index contributed by atoms with van der Waals surface area (Å²) in [5, 5.41) is 15.0. The number of hydrogen-bond donors (Lipinski definition) is 3. The van der Waals surface area contributed by atoms with Crippen LogP contribution in [0, 0.1) is 0 Å². The maximum atomic E-state index is 13.5. The Hall–Kier alpha value is -4.17. The first-order valence-corrected chi connectivity index (χ1v) is 13.3. The third-order valence-corrected chi connectivity index (χ3v) is 7.73. The van der Waals surface area contributed by atoms with Crippen molar-refractivity contribution in [2.75, 3.05) is 19.7 Å². The number of carboxylic acids is 1. The molecule has 1 heterocycles. The number of amides is 2. The van der Waals surface area contributed by atoms with Crippen LogP contribution in [0.4, 0.5) is 4.79 Å². The molecule has 0 bridgehead atoms. The zero-order valence-electron chi connectivity index (χ0n) is 21.9. The van der Waals surface area contributed by atoms with Crippen molar-refractivity contribution in [1.82, 2.24) is 15.5 Å². The second kappa shape index (κ2) is 11.3. The number of carbonyl (C=O) groups is 3. The maximum Gasteiger partial charge on any atom is 0.408 e. The summed E-state index contributed by atoms with van der Waals surface area (Å²) < 4.78 is 5.74. The molecule has 1 fully saturated rings. The van der Waals surface area contributed by atoms with Gasteiger partial charge in [-0.1, -0.05) is 85.8 Å². The Morgan fingerprint density at radius 1 is 0.974 bits per heavy atom. The van der Waals surface area contributed by atoms with Gasteiger partial charge in [0.25, 0.3) is 0 Å². The first-order valence-electron chi connectivity index (χ1n) is 13.3. The van der Waals surface area contributed by atoms with Gasteiger partial charge in [0.1, 0.15) is 18.2 Å². The number of aliphatic carboxylic acids is 1. The SMILES string of the molecule is CC[C@@H](NC(=O)C1(NC(=O)OCC2c3ccccc3-c3ccccc32)CCN(Cc2ccccc2)C1)C(=O)O. The van der Waals surface area contributed by atoms with Crippen molar-refractivity contribution in [3.63, 3.8) is 0 Å². The van der Waals surface area contributed by atoms with E-state index in [0.717, 1.165) is 27.8 Å². The van der Waals surface area contributed by atoms with Gasteiger partial charge < -0.3 is 20.5 Å². The molecule has 39 heavy (non-hydrogen) atoms. The number of hydrogen-bond acceptors (Lipinski definition) is 5. The number of benzene rings is 3. The normalized spacial score (nSPS) is 19.1. The van der Waals surface area contributed by atoms with E-state index in [0.29, 0.717) is 19.5 Å². The van der Waals surface area contributed by atoms with Crippen LogP contribution in [0.1, 0.15) is 42.4 Å². The minimum absolute atomic E-state index is 0.109. The van der Waals surface area contributed by atoms with Crippen molar-refractivity contribution < 1.29 is 24.2 Å². The standard InChI is InChI=1S/C31H33N3O5/c1-2-27(28(35)36)32-29(37)31(16-17-34(20-31)18-21-10-4-3-5-11-21)33-30(38)39-19-26-24-14-8-6-12-22(24)23-13-7-9-15-25(23)26/h3-15,26-27H,2,16-20H2,1H3,(H,32,37)(H,33,38)(H,35,36)/t27-,31?/m1/s1. The molecule has 1 aliphatic heterocycles. The lowest BCUT2D eigenvalue weighted by Gasteiger charge is -2.30. The molecule has 3 aromatic rings. The molecule has 0 spiro atoms. The number of ether oxygens (including phenoxy) is 1. The Kier molecular flexibility index (Phi) is 7.65. The molecule has 3 N–H and O–H groups in total. The van der Waals surface area contributed by atoms with E-state index in [1.165, 1.54) is 0 Å². The summed E-state index contributed by atoms with van der Waals surface area (Å²) in [6.07, 6.45) is -0.126. The zero-order valence-corrected chi connectivity index (χ0v) is 21.9. The molecule has 1 saturated heterocycles. The highest BCUT2D eigenvalue weighted by molar-refractivity contribution is 5.93. The van der Waals surface area contributed by atoms with E-state index in [1.807, 2.05) is 66.7 Å². The Bertz CT molecular complexity index is 1320. The fraction of sp³-hybridized carbons (Fsp3) is 0.323. The summed E-state index contributed by atoms with van der Waals surface area (Å²) >= 11 is 0. The van der Waals surface area contributed by atoms with E-state index in [4.69, 9.17) is 4.74 Å². The van der Waals surface area contributed by atoms with Crippen LogP contribution in [0.2, 0.25) is 0 Å². The number of nitrogens with one attached hydrogen (secondary N) is 2. The highest BCUT2D eigenvalue weighted by Gasteiger charge is 2.47. The first-order chi connectivity index (χ1) is 18.9. The summed E-state index contributed by atoms with van der Waals surface area (Å²) in [6, 6.07) is 25.0. The minimum Gasteiger partial charge on any atom is -0.480 e. The number of likely N-dealkylation sites (tertiary alicyclic amines) is 1. The number of carbonyl (C=O) groups excluding carboxylic acids is 2. The average molecular weight is 528 g/mol. The lowest BCUT2D eigenvalue weighted by atomic mass is 9.96. The minimum atomic E-state index is -1.31. The summed E-state index contributed by atoms with van der Waals surface area (Å²) in [5.74, 6) is -1.73. The van der Waals surface area contributed by atoms with Crippen LogP contribution >= 0.6 is 0 Å². The molecule has 2 amide bonds. The molecule has 0 radical (unpaired) electrons. The predicted octanol–water partition coefficient (Wildman–Crippen LogP) is 4.15. The van der Waals surface area contributed by atoms with Gasteiger partial charge in [0, 0.05) is 25.6 Å². The van der Waals surface area contributed by atoms with Crippen molar-refractivity contribution in [3.05, 3.63) is 95.6 Å². The molecule has 1 aliphatic carbocycles. The first kappa shape index (κ1) is 26.4.